The molecule has 1 unspecified atom stereocenters. The van der Waals surface area contributed by atoms with Crippen molar-refractivity contribution in [1.82, 2.24) is 9.78 Å². The van der Waals surface area contributed by atoms with Crippen molar-refractivity contribution in [2.24, 2.45) is 0 Å². The number of fused-ring (bicyclic) bond motifs is 1. The normalized spacial score (nSPS) is 12.5. The van der Waals surface area contributed by atoms with Crippen molar-refractivity contribution >= 4 is 10.8 Å². The van der Waals surface area contributed by atoms with E-state index in [4.69, 9.17) is 0 Å². The SMILES string of the molecule is Cc1nn(CC(O)c2c(F)cccc2F)c(=O)c2ccccc12. The van der Waals surface area contributed by atoms with Crippen molar-refractivity contribution in [3.05, 3.63) is 75.7 Å². The maximum Gasteiger partial charge on any atom is 0.274 e. The van der Waals surface area contributed by atoms with Crippen molar-refractivity contribution in [1.29, 1.82) is 0 Å². The molecule has 0 saturated carbocycles. The molecule has 0 spiro atoms. The molecule has 118 valence electrons. The molecule has 6 heteroatoms. The zero-order valence-corrected chi connectivity index (χ0v) is 12.3. The second-order valence-corrected chi connectivity index (χ2v) is 5.27. The molecule has 3 rings (SSSR count). The molecule has 1 heterocycles. The second kappa shape index (κ2) is 5.89. The third-order valence-corrected chi connectivity index (χ3v) is 3.73. The van der Waals surface area contributed by atoms with Gasteiger partial charge >= 0.3 is 0 Å². The Kier molecular flexibility index (Phi) is 3.92. The van der Waals surface area contributed by atoms with Crippen LogP contribution in [-0.2, 0) is 6.54 Å². The van der Waals surface area contributed by atoms with Gasteiger partial charge in [0.25, 0.3) is 5.56 Å². The molecular formula is C17H14F2N2O2. The van der Waals surface area contributed by atoms with E-state index < -0.39 is 28.9 Å². The van der Waals surface area contributed by atoms with Crippen LogP contribution in [-0.4, -0.2) is 14.9 Å². The number of aliphatic hydroxyl groups excluding tert-OH is 1. The van der Waals surface area contributed by atoms with Gasteiger partial charge in [-0.15, -0.1) is 0 Å². The molecule has 0 bridgehead atoms. The van der Waals surface area contributed by atoms with Crippen LogP contribution in [0.2, 0.25) is 0 Å². The highest BCUT2D eigenvalue weighted by atomic mass is 19.1. The molecule has 1 aromatic heterocycles. The van der Waals surface area contributed by atoms with Gasteiger partial charge in [0.2, 0.25) is 0 Å². The average molecular weight is 316 g/mol. The number of halogens is 2. The van der Waals surface area contributed by atoms with Gasteiger partial charge in [-0.05, 0) is 25.1 Å². The summed E-state index contributed by atoms with van der Waals surface area (Å²) in [5.74, 6) is -1.72. The predicted octanol–water partition coefficient (Wildman–Crippen LogP) is 2.72. The topological polar surface area (TPSA) is 55.1 Å². The lowest BCUT2D eigenvalue weighted by Crippen LogP contribution is -2.27. The lowest BCUT2D eigenvalue weighted by molar-refractivity contribution is 0.140. The fourth-order valence-corrected chi connectivity index (χ4v) is 2.61. The van der Waals surface area contributed by atoms with Crippen LogP contribution in [0.3, 0.4) is 0 Å². The molecule has 2 aromatic carbocycles. The van der Waals surface area contributed by atoms with Crippen LogP contribution in [0.15, 0.2) is 47.3 Å². The number of aliphatic hydroxyl groups is 1. The largest absolute Gasteiger partial charge is 0.386 e. The fourth-order valence-electron chi connectivity index (χ4n) is 2.61. The zero-order chi connectivity index (χ0) is 16.6. The van der Waals surface area contributed by atoms with E-state index >= 15 is 0 Å². The van der Waals surface area contributed by atoms with Crippen molar-refractivity contribution in [2.75, 3.05) is 0 Å². The molecule has 4 nitrogen and oxygen atoms in total. The number of hydrogen-bond acceptors (Lipinski definition) is 3. The summed E-state index contributed by atoms with van der Waals surface area (Å²) in [6, 6.07) is 10.3. The first-order valence-corrected chi connectivity index (χ1v) is 7.07. The van der Waals surface area contributed by atoms with E-state index in [1.807, 2.05) is 0 Å². The summed E-state index contributed by atoms with van der Waals surface area (Å²) in [5.41, 5.74) is -0.282. The van der Waals surface area contributed by atoms with Crippen molar-refractivity contribution in [3.63, 3.8) is 0 Å². The Morgan fingerprint density at radius 2 is 1.70 bits per heavy atom. The number of rotatable bonds is 3. The predicted molar refractivity (Wildman–Crippen MR) is 82.1 cm³/mol. The standard InChI is InChI=1S/C17H14F2N2O2/c1-10-11-5-2-3-6-12(11)17(23)21(20-10)9-15(22)16-13(18)7-4-8-14(16)19/h2-8,15,22H,9H2,1H3. The highest BCUT2D eigenvalue weighted by Gasteiger charge is 2.20. The molecule has 0 aliphatic heterocycles. The minimum absolute atomic E-state index is 0.331. The van der Waals surface area contributed by atoms with E-state index in [9.17, 15) is 18.7 Å². The van der Waals surface area contributed by atoms with Gasteiger partial charge in [0, 0.05) is 5.39 Å². The van der Waals surface area contributed by atoms with Gasteiger partial charge in [-0.1, -0.05) is 24.3 Å². The first kappa shape index (κ1) is 15.3. The number of nitrogens with zero attached hydrogens (tertiary/aromatic N) is 2. The molecule has 0 radical (unpaired) electrons. The summed E-state index contributed by atoms with van der Waals surface area (Å²) in [4.78, 5) is 12.4. The maximum atomic E-state index is 13.7. The molecule has 0 saturated heterocycles. The van der Waals surface area contributed by atoms with Crippen molar-refractivity contribution in [2.45, 2.75) is 19.6 Å². The number of aryl methyl sites for hydroxylation is 1. The summed E-state index contributed by atoms with van der Waals surface area (Å²) in [6.45, 7) is 1.40. The molecule has 1 atom stereocenters. The van der Waals surface area contributed by atoms with Gasteiger partial charge in [-0.25, -0.2) is 13.5 Å². The molecule has 0 fully saturated rings. The van der Waals surface area contributed by atoms with E-state index in [1.165, 1.54) is 6.07 Å². The maximum absolute atomic E-state index is 13.7. The van der Waals surface area contributed by atoms with E-state index in [-0.39, 0.29) is 6.54 Å². The third-order valence-electron chi connectivity index (χ3n) is 3.73. The summed E-state index contributed by atoms with van der Waals surface area (Å²) < 4.78 is 28.5. The molecule has 1 N–H and O–H groups in total. The van der Waals surface area contributed by atoms with Crippen molar-refractivity contribution in [3.8, 4) is 0 Å². The molecule has 3 aromatic rings. The lowest BCUT2D eigenvalue weighted by Gasteiger charge is -2.15. The first-order chi connectivity index (χ1) is 11.0. The van der Waals surface area contributed by atoms with Crippen LogP contribution in [0.5, 0.6) is 0 Å². The Hall–Kier alpha value is -2.60. The van der Waals surface area contributed by atoms with Crippen LogP contribution in [0, 0.1) is 18.6 Å². The van der Waals surface area contributed by atoms with E-state index in [0.29, 0.717) is 16.5 Å². The Labute approximate surface area is 130 Å². The van der Waals surface area contributed by atoms with Crippen LogP contribution in [0.1, 0.15) is 17.4 Å². The third kappa shape index (κ3) is 2.73. The summed E-state index contributed by atoms with van der Waals surface area (Å²) in [7, 11) is 0. The van der Waals surface area contributed by atoms with Gasteiger partial charge in [0.05, 0.1) is 23.2 Å². The van der Waals surface area contributed by atoms with Gasteiger partial charge in [-0.3, -0.25) is 4.79 Å². The highest BCUT2D eigenvalue weighted by molar-refractivity contribution is 5.83. The Balaban J connectivity index is 2.05. The summed E-state index contributed by atoms with van der Waals surface area (Å²) in [6.07, 6.45) is -1.51. The van der Waals surface area contributed by atoms with Crippen LogP contribution in [0.25, 0.3) is 10.8 Å². The molecular weight excluding hydrogens is 302 g/mol. The number of aromatic nitrogens is 2. The molecule has 0 aliphatic carbocycles. The second-order valence-electron chi connectivity index (χ2n) is 5.27. The van der Waals surface area contributed by atoms with E-state index in [2.05, 4.69) is 5.10 Å². The minimum atomic E-state index is -1.51. The van der Waals surface area contributed by atoms with E-state index in [1.54, 1.807) is 31.2 Å². The van der Waals surface area contributed by atoms with Gasteiger partial charge in [0.1, 0.15) is 17.7 Å². The monoisotopic (exact) mass is 316 g/mol. The molecule has 0 aliphatic rings. The quantitative estimate of drug-likeness (QED) is 0.808. The Morgan fingerprint density at radius 1 is 1.09 bits per heavy atom. The fraction of sp³-hybridized carbons (Fsp3) is 0.176. The average Bonchev–Trinajstić information content (AvgIpc) is 2.52. The number of benzene rings is 2. The first-order valence-electron chi connectivity index (χ1n) is 7.07. The Bertz CT molecular complexity index is 917. The minimum Gasteiger partial charge on any atom is -0.386 e. The highest BCUT2D eigenvalue weighted by Crippen LogP contribution is 2.22. The summed E-state index contributed by atoms with van der Waals surface area (Å²) in [5, 5.41) is 15.4. The van der Waals surface area contributed by atoms with Crippen LogP contribution < -0.4 is 5.56 Å². The van der Waals surface area contributed by atoms with Crippen LogP contribution >= 0.6 is 0 Å². The number of hydrogen-bond donors (Lipinski definition) is 1. The van der Waals surface area contributed by atoms with Crippen molar-refractivity contribution < 1.29 is 13.9 Å². The lowest BCUT2D eigenvalue weighted by atomic mass is 10.1. The smallest absolute Gasteiger partial charge is 0.274 e. The Morgan fingerprint density at radius 3 is 2.35 bits per heavy atom. The van der Waals surface area contributed by atoms with Gasteiger partial charge in [-0.2, -0.15) is 5.10 Å². The summed E-state index contributed by atoms with van der Waals surface area (Å²) >= 11 is 0. The molecule has 23 heavy (non-hydrogen) atoms. The zero-order valence-electron chi connectivity index (χ0n) is 12.3. The van der Waals surface area contributed by atoms with Gasteiger partial charge in [0.15, 0.2) is 0 Å². The van der Waals surface area contributed by atoms with Gasteiger partial charge < -0.3 is 5.11 Å². The van der Waals surface area contributed by atoms with E-state index in [0.717, 1.165) is 16.8 Å². The van der Waals surface area contributed by atoms with Crippen LogP contribution in [0.4, 0.5) is 8.78 Å². The molecule has 0 amide bonds.